The van der Waals surface area contributed by atoms with E-state index < -0.39 is 0 Å². The Kier molecular flexibility index (Phi) is 3.62. The van der Waals surface area contributed by atoms with E-state index in [1.54, 1.807) is 6.20 Å². The highest BCUT2D eigenvalue weighted by Crippen LogP contribution is 2.17. The van der Waals surface area contributed by atoms with Gasteiger partial charge in [0.15, 0.2) is 0 Å². The number of hydrogen-bond donors (Lipinski definition) is 1. The summed E-state index contributed by atoms with van der Waals surface area (Å²) in [6.45, 7) is 3.92. The number of aromatic nitrogens is 2. The van der Waals surface area contributed by atoms with E-state index in [-0.39, 0.29) is 0 Å². The van der Waals surface area contributed by atoms with Gasteiger partial charge in [0.05, 0.1) is 0 Å². The summed E-state index contributed by atoms with van der Waals surface area (Å²) in [5.74, 6) is 0. The summed E-state index contributed by atoms with van der Waals surface area (Å²) < 4.78 is 0. The van der Waals surface area contributed by atoms with Gasteiger partial charge in [0.25, 0.3) is 0 Å². The van der Waals surface area contributed by atoms with Crippen molar-refractivity contribution in [2.45, 2.75) is 13.5 Å². The van der Waals surface area contributed by atoms with E-state index in [2.05, 4.69) is 28.3 Å². The van der Waals surface area contributed by atoms with Crippen LogP contribution in [0.1, 0.15) is 12.5 Å². The minimum absolute atomic E-state index is 0.859. The Morgan fingerprint density at radius 3 is 2.75 bits per heavy atom. The molecule has 2 aromatic rings. The summed E-state index contributed by atoms with van der Waals surface area (Å²) in [7, 11) is 0. The van der Waals surface area contributed by atoms with E-state index in [1.165, 1.54) is 5.56 Å². The summed E-state index contributed by atoms with van der Waals surface area (Å²) in [6.07, 6.45) is 7.39. The van der Waals surface area contributed by atoms with Crippen molar-refractivity contribution in [3.8, 4) is 11.1 Å². The minimum Gasteiger partial charge on any atom is -0.313 e. The van der Waals surface area contributed by atoms with E-state index in [0.717, 1.165) is 24.2 Å². The maximum Gasteiger partial charge on any atom is 0.0347 e. The molecule has 0 amide bonds. The predicted octanol–water partition coefficient (Wildman–Crippen LogP) is 2.25. The second-order valence-corrected chi connectivity index (χ2v) is 3.60. The molecule has 3 nitrogen and oxygen atoms in total. The van der Waals surface area contributed by atoms with Crippen LogP contribution in [0.4, 0.5) is 0 Å². The van der Waals surface area contributed by atoms with Gasteiger partial charge in [-0.2, -0.15) is 0 Å². The minimum atomic E-state index is 0.859. The van der Waals surface area contributed by atoms with Crippen LogP contribution in [0.15, 0.2) is 43.0 Å². The Labute approximate surface area is 95.6 Å². The van der Waals surface area contributed by atoms with Crippen molar-refractivity contribution >= 4 is 0 Å². The molecule has 0 aliphatic rings. The lowest BCUT2D eigenvalue weighted by atomic mass is 10.1. The molecular formula is C13H15N3. The second-order valence-electron chi connectivity index (χ2n) is 3.60. The van der Waals surface area contributed by atoms with E-state index in [0.29, 0.717) is 0 Å². The van der Waals surface area contributed by atoms with Gasteiger partial charge in [-0.15, -0.1) is 0 Å². The van der Waals surface area contributed by atoms with E-state index in [9.17, 15) is 0 Å². The third-order valence-electron chi connectivity index (χ3n) is 2.37. The van der Waals surface area contributed by atoms with Crippen molar-refractivity contribution in [2.75, 3.05) is 6.54 Å². The van der Waals surface area contributed by atoms with Gasteiger partial charge in [0.1, 0.15) is 0 Å². The van der Waals surface area contributed by atoms with Crippen LogP contribution in [0.5, 0.6) is 0 Å². The lowest BCUT2D eigenvalue weighted by Crippen LogP contribution is -2.11. The van der Waals surface area contributed by atoms with Gasteiger partial charge in [0.2, 0.25) is 0 Å². The number of pyridine rings is 2. The molecule has 16 heavy (non-hydrogen) atoms. The van der Waals surface area contributed by atoms with Gasteiger partial charge in [-0.3, -0.25) is 9.97 Å². The van der Waals surface area contributed by atoms with Crippen molar-refractivity contribution in [1.29, 1.82) is 0 Å². The molecule has 0 unspecified atom stereocenters. The van der Waals surface area contributed by atoms with Crippen molar-refractivity contribution < 1.29 is 0 Å². The Balaban J connectivity index is 2.22. The van der Waals surface area contributed by atoms with Gasteiger partial charge >= 0.3 is 0 Å². The third kappa shape index (κ3) is 2.64. The van der Waals surface area contributed by atoms with Crippen LogP contribution in [-0.4, -0.2) is 16.5 Å². The normalized spacial score (nSPS) is 10.3. The first kappa shape index (κ1) is 10.8. The second kappa shape index (κ2) is 5.37. The standard InChI is InChI=1S/C13H15N3/c1-2-14-7-11-6-13(10-16-8-11)12-4-3-5-15-9-12/h3-6,8-10,14H,2,7H2,1H3. The zero-order valence-electron chi connectivity index (χ0n) is 9.35. The maximum absolute atomic E-state index is 4.25. The quantitative estimate of drug-likeness (QED) is 0.846. The number of hydrogen-bond acceptors (Lipinski definition) is 3. The molecular weight excluding hydrogens is 198 g/mol. The van der Waals surface area contributed by atoms with Crippen molar-refractivity contribution in [1.82, 2.24) is 15.3 Å². The molecule has 3 heteroatoms. The van der Waals surface area contributed by atoms with E-state index in [1.807, 2.05) is 30.7 Å². The highest BCUT2D eigenvalue weighted by atomic mass is 14.8. The summed E-state index contributed by atoms with van der Waals surface area (Å²) in [6, 6.07) is 6.13. The number of nitrogens with one attached hydrogen (secondary N) is 1. The van der Waals surface area contributed by atoms with Crippen LogP contribution in [0.25, 0.3) is 11.1 Å². The number of nitrogens with zero attached hydrogens (tertiary/aromatic N) is 2. The Morgan fingerprint density at radius 2 is 2.00 bits per heavy atom. The average molecular weight is 213 g/mol. The van der Waals surface area contributed by atoms with Crippen molar-refractivity contribution in [3.05, 3.63) is 48.5 Å². The van der Waals surface area contributed by atoms with Crippen LogP contribution in [-0.2, 0) is 6.54 Å². The lowest BCUT2D eigenvalue weighted by Gasteiger charge is -2.04. The monoisotopic (exact) mass is 213 g/mol. The van der Waals surface area contributed by atoms with E-state index >= 15 is 0 Å². The first-order chi connectivity index (χ1) is 7.90. The summed E-state index contributed by atoms with van der Waals surface area (Å²) in [5, 5.41) is 3.29. The fourth-order valence-corrected chi connectivity index (χ4v) is 1.54. The summed E-state index contributed by atoms with van der Waals surface area (Å²) in [5.41, 5.74) is 3.42. The Bertz CT molecular complexity index is 440. The molecule has 1 N–H and O–H groups in total. The molecule has 0 aromatic carbocycles. The fraction of sp³-hybridized carbons (Fsp3) is 0.231. The van der Waals surface area contributed by atoms with E-state index in [4.69, 9.17) is 0 Å². The topological polar surface area (TPSA) is 37.8 Å². The van der Waals surface area contributed by atoms with Crippen LogP contribution in [0.2, 0.25) is 0 Å². The van der Waals surface area contributed by atoms with Gasteiger partial charge in [-0.05, 0) is 24.2 Å². The SMILES string of the molecule is CCNCc1cncc(-c2cccnc2)c1. The molecule has 2 heterocycles. The van der Waals surface area contributed by atoms with Crippen LogP contribution in [0.3, 0.4) is 0 Å². The molecule has 0 radical (unpaired) electrons. The molecule has 0 spiro atoms. The molecule has 82 valence electrons. The molecule has 0 atom stereocenters. The third-order valence-corrected chi connectivity index (χ3v) is 2.37. The Morgan fingerprint density at radius 1 is 1.12 bits per heavy atom. The first-order valence-electron chi connectivity index (χ1n) is 5.45. The first-order valence-corrected chi connectivity index (χ1v) is 5.45. The average Bonchev–Trinajstić information content (AvgIpc) is 2.38. The lowest BCUT2D eigenvalue weighted by molar-refractivity contribution is 0.724. The van der Waals surface area contributed by atoms with Crippen molar-refractivity contribution in [2.24, 2.45) is 0 Å². The zero-order chi connectivity index (χ0) is 11.2. The van der Waals surface area contributed by atoms with Crippen LogP contribution < -0.4 is 5.32 Å². The van der Waals surface area contributed by atoms with Gasteiger partial charge in [-0.25, -0.2) is 0 Å². The predicted molar refractivity (Wildman–Crippen MR) is 64.8 cm³/mol. The molecule has 0 fully saturated rings. The molecule has 0 bridgehead atoms. The fourth-order valence-electron chi connectivity index (χ4n) is 1.54. The largest absolute Gasteiger partial charge is 0.313 e. The Hall–Kier alpha value is -1.74. The molecule has 0 aliphatic heterocycles. The molecule has 2 aromatic heterocycles. The highest BCUT2D eigenvalue weighted by molar-refractivity contribution is 5.61. The smallest absolute Gasteiger partial charge is 0.0347 e. The van der Waals surface area contributed by atoms with Gasteiger partial charge in [0, 0.05) is 42.5 Å². The molecule has 0 saturated heterocycles. The summed E-state index contributed by atoms with van der Waals surface area (Å²) >= 11 is 0. The van der Waals surface area contributed by atoms with Gasteiger partial charge in [-0.1, -0.05) is 13.0 Å². The number of rotatable bonds is 4. The van der Waals surface area contributed by atoms with Crippen molar-refractivity contribution in [3.63, 3.8) is 0 Å². The highest BCUT2D eigenvalue weighted by Gasteiger charge is 1.99. The zero-order valence-corrected chi connectivity index (χ0v) is 9.35. The van der Waals surface area contributed by atoms with Crippen LogP contribution >= 0.6 is 0 Å². The molecule has 0 aliphatic carbocycles. The van der Waals surface area contributed by atoms with Crippen LogP contribution in [0, 0.1) is 0 Å². The maximum atomic E-state index is 4.25. The molecule has 0 saturated carbocycles. The summed E-state index contributed by atoms with van der Waals surface area (Å²) in [4.78, 5) is 8.36. The van der Waals surface area contributed by atoms with Gasteiger partial charge < -0.3 is 5.32 Å². The molecule has 2 rings (SSSR count).